The molecule has 0 spiro atoms. The van der Waals surface area contributed by atoms with E-state index in [-0.39, 0.29) is 17.2 Å². The van der Waals surface area contributed by atoms with Crippen LogP contribution >= 0.6 is 11.6 Å². The van der Waals surface area contributed by atoms with Crippen molar-refractivity contribution in [1.82, 2.24) is 0 Å². The van der Waals surface area contributed by atoms with E-state index in [1.807, 2.05) is 0 Å². The van der Waals surface area contributed by atoms with Gasteiger partial charge in [0.15, 0.2) is 5.78 Å². The number of halogens is 2. The first-order chi connectivity index (χ1) is 9.10. The fourth-order valence-corrected chi connectivity index (χ4v) is 1.97. The minimum absolute atomic E-state index is 0.0904. The van der Waals surface area contributed by atoms with Crippen molar-refractivity contribution in [3.8, 4) is 5.75 Å². The number of methoxy groups -OCH3 is 1. The Bertz CT molecular complexity index is 611. The van der Waals surface area contributed by atoms with E-state index in [9.17, 15) is 9.18 Å². The molecule has 0 aliphatic heterocycles. The van der Waals surface area contributed by atoms with Crippen LogP contribution in [0.5, 0.6) is 5.75 Å². The Balaban J connectivity index is 2.20. The number of ketones is 1. The third-order valence-corrected chi connectivity index (χ3v) is 3.11. The Labute approximate surface area is 115 Å². The largest absolute Gasteiger partial charge is 0.497 e. The first-order valence-electron chi connectivity index (χ1n) is 5.71. The summed E-state index contributed by atoms with van der Waals surface area (Å²) < 4.78 is 18.0. The maximum atomic E-state index is 12.9. The number of hydrogen-bond acceptors (Lipinski definition) is 2. The number of Topliss-reactive ketones (excluding diaryl/α,β-unsaturated/α-hetero) is 1. The maximum absolute atomic E-state index is 12.9. The molecular formula is C15H12ClFO2. The molecule has 98 valence electrons. The molecule has 0 aromatic heterocycles. The summed E-state index contributed by atoms with van der Waals surface area (Å²) in [6.07, 6.45) is 0.131. The quantitative estimate of drug-likeness (QED) is 0.793. The van der Waals surface area contributed by atoms with Crippen LogP contribution in [0.2, 0.25) is 5.02 Å². The van der Waals surface area contributed by atoms with Gasteiger partial charge in [-0.05, 0) is 29.8 Å². The van der Waals surface area contributed by atoms with Crippen molar-refractivity contribution in [3.05, 3.63) is 64.4 Å². The molecule has 0 saturated carbocycles. The predicted octanol–water partition coefficient (Wildman–Crippen LogP) is 3.91. The van der Waals surface area contributed by atoms with Gasteiger partial charge >= 0.3 is 0 Å². The average molecular weight is 279 g/mol. The lowest BCUT2D eigenvalue weighted by Crippen LogP contribution is -2.04. The topological polar surface area (TPSA) is 26.3 Å². The van der Waals surface area contributed by atoms with E-state index in [0.29, 0.717) is 16.9 Å². The van der Waals surface area contributed by atoms with Gasteiger partial charge in [-0.25, -0.2) is 4.39 Å². The molecule has 0 saturated heterocycles. The molecule has 0 N–H and O–H groups in total. The molecule has 2 nitrogen and oxygen atoms in total. The van der Waals surface area contributed by atoms with Crippen LogP contribution in [0.4, 0.5) is 4.39 Å². The summed E-state index contributed by atoms with van der Waals surface area (Å²) in [5, 5.41) is 0.260. The molecule has 0 atom stereocenters. The molecule has 0 bridgehead atoms. The number of benzene rings is 2. The van der Waals surface area contributed by atoms with E-state index in [1.54, 1.807) is 31.4 Å². The third kappa shape index (κ3) is 3.32. The monoisotopic (exact) mass is 278 g/mol. The first-order valence-corrected chi connectivity index (χ1v) is 6.09. The van der Waals surface area contributed by atoms with Gasteiger partial charge in [0.25, 0.3) is 0 Å². The molecule has 0 aliphatic rings. The molecule has 0 amide bonds. The van der Waals surface area contributed by atoms with Crippen LogP contribution in [0.25, 0.3) is 0 Å². The molecule has 0 aliphatic carbocycles. The molecular weight excluding hydrogens is 267 g/mol. The summed E-state index contributed by atoms with van der Waals surface area (Å²) in [5.41, 5.74) is 1.15. The molecule has 0 radical (unpaired) electrons. The standard InChI is InChI=1S/C15H12ClFO2/c1-19-13-4-2-3-11(7-13)15(18)8-10-5-6-12(17)9-14(10)16/h2-7,9H,8H2,1H3. The van der Waals surface area contributed by atoms with Crippen LogP contribution in [-0.4, -0.2) is 12.9 Å². The second kappa shape index (κ2) is 5.85. The summed E-state index contributed by atoms with van der Waals surface area (Å²) in [5.74, 6) is 0.117. The highest BCUT2D eigenvalue weighted by molar-refractivity contribution is 6.31. The van der Waals surface area contributed by atoms with Gasteiger partial charge in [-0.15, -0.1) is 0 Å². The Morgan fingerprint density at radius 1 is 1.26 bits per heavy atom. The number of carbonyl (C=O) groups is 1. The summed E-state index contributed by atoms with van der Waals surface area (Å²) in [4.78, 5) is 12.1. The van der Waals surface area contributed by atoms with E-state index in [0.717, 1.165) is 0 Å². The molecule has 2 aromatic rings. The molecule has 2 rings (SSSR count). The Kier molecular flexibility index (Phi) is 4.17. The van der Waals surface area contributed by atoms with Gasteiger partial charge < -0.3 is 4.74 Å². The van der Waals surface area contributed by atoms with E-state index in [2.05, 4.69) is 0 Å². The highest BCUT2D eigenvalue weighted by atomic mass is 35.5. The average Bonchev–Trinajstić information content (AvgIpc) is 2.42. The molecule has 0 unspecified atom stereocenters. The SMILES string of the molecule is COc1cccc(C(=O)Cc2ccc(F)cc2Cl)c1. The Morgan fingerprint density at radius 2 is 2.05 bits per heavy atom. The fourth-order valence-electron chi connectivity index (χ4n) is 1.74. The molecule has 2 aromatic carbocycles. The second-order valence-electron chi connectivity index (χ2n) is 4.07. The number of ether oxygens (including phenoxy) is 1. The maximum Gasteiger partial charge on any atom is 0.167 e. The lowest BCUT2D eigenvalue weighted by molar-refractivity contribution is 0.0992. The zero-order valence-electron chi connectivity index (χ0n) is 10.3. The van der Waals surface area contributed by atoms with E-state index >= 15 is 0 Å². The molecule has 0 fully saturated rings. The predicted molar refractivity (Wildman–Crippen MR) is 72.4 cm³/mol. The molecule has 0 heterocycles. The van der Waals surface area contributed by atoms with Crippen LogP contribution in [0.1, 0.15) is 15.9 Å². The van der Waals surface area contributed by atoms with Crippen molar-refractivity contribution in [2.24, 2.45) is 0 Å². The van der Waals surface area contributed by atoms with Gasteiger partial charge in [0.05, 0.1) is 7.11 Å². The third-order valence-electron chi connectivity index (χ3n) is 2.76. The van der Waals surface area contributed by atoms with Gasteiger partial charge in [0.2, 0.25) is 0 Å². The number of rotatable bonds is 4. The van der Waals surface area contributed by atoms with Gasteiger partial charge in [0, 0.05) is 17.0 Å². The Hall–Kier alpha value is -1.87. The molecule has 4 heteroatoms. The van der Waals surface area contributed by atoms with Crippen LogP contribution in [0, 0.1) is 5.82 Å². The second-order valence-corrected chi connectivity index (χ2v) is 4.47. The van der Waals surface area contributed by atoms with Gasteiger partial charge in [-0.2, -0.15) is 0 Å². The normalized spacial score (nSPS) is 10.3. The summed E-state index contributed by atoms with van der Waals surface area (Å²) >= 11 is 5.90. The van der Waals surface area contributed by atoms with Crippen LogP contribution < -0.4 is 4.74 Å². The summed E-state index contributed by atoms with van der Waals surface area (Å²) in [7, 11) is 1.54. The van der Waals surface area contributed by atoms with E-state index in [1.165, 1.54) is 18.2 Å². The van der Waals surface area contributed by atoms with E-state index in [4.69, 9.17) is 16.3 Å². The van der Waals surface area contributed by atoms with Crippen molar-refractivity contribution in [2.45, 2.75) is 6.42 Å². The van der Waals surface area contributed by atoms with Gasteiger partial charge in [-0.1, -0.05) is 29.8 Å². The van der Waals surface area contributed by atoms with Crippen molar-refractivity contribution < 1.29 is 13.9 Å². The smallest absolute Gasteiger partial charge is 0.167 e. The summed E-state index contributed by atoms with van der Waals surface area (Å²) in [6, 6.07) is 10.9. The van der Waals surface area contributed by atoms with Crippen LogP contribution in [-0.2, 0) is 6.42 Å². The lowest BCUT2D eigenvalue weighted by atomic mass is 10.0. The van der Waals surface area contributed by atoms with Crippen LogP contribution in [0.15, 0.2) is 42.5 Å². The zero-order valence-corrected chi connectivity index (χ0v) is 11.1. The van der Waals surface area contributed by atoms with Gasteiger partial charge in [0.1, 0.15) is 11.6 Å². The Morgan fingerprint density at radius 3 is 2.74 bits per heavy atom. The number of carbonyl (C=O) groups excluding carboxylic acids is 1. The molecule has 19 heavy (non-hydrogen) atoms. The van der Waals surface area contributed by atoms with Crippen molar-refractivity contribution in [3.63, 3.8) is 0 Å². The number of hydrogen-bond donors (Lipinski definition) is 0. The minimum atomic E-state index is -0.414. The first kappa shape index (κ1) is 13.6. The minimum Gasteiger partial charge on any atom is -0.497 e. The summed E-state index contributed by atoms with van der Waals surface area (Å²) in [6.45, 7) is 0. The fraction of sp³-hybridized carbons (Fsp3) is 0.133. The van der Waals surface area contributed by atoms with Crippen molar-refractivity contribution in [1.29, 1.82) is 0 Å². The van der Waals surface area contributed by atoms with E-state index < -0.39 is 5.82 Å². The van der Waals surface area contributed by atoms with Crippen molar-refractivity contribution >= 4 is 17.4 Å². The van der Waals surface area contributed by atoms with Gasteiger partial charge in [-0.3, -0.25) is 4.79 Å². The highest BCUT2D eigenvalue weighted by Gasteiger charge is 2.11. The zero-order chi connectivity index (χ0) is 13.8. The highest BCUT2D eigenvalue weighted by Crippen LogP contribution is 2.20. The van der Waals surface area contributed by atoms with Crippen LogP contribution in [0.3, 0.4) is 0 Å². The lowest BCUT2D eigenvalue weighted by Gasteiger charge is -2.05. The van der Waals surface area contributed by atoms with Crippen molar-refractivity contribution in [2.75, 3.05) is 7.11 Å².